The molecule has 0 aliphatic carbocycles. The largest absolute Gasteiger partial charge is 0.494 e. The summed E-state index contributed by atoms with van der Waals surface area (Å²) < 4.78 is 113. The van der Waals surface area contributed by atoms with Crippen molar-refractivity contribution < 1.29 is 30.4 Å². The fourth-order valence-electron chi connectivity index (χ4n) is 2.98. The third-order valence-electron chi connectivity index (χ3n) is 4.48. The Balaban J connectivity index is 2.23. The van der Waals surface area contributed by atoms with Crippen molar-refractivity contribution in [3.63, 3.8) is 0 Å². The van der Waals surface area contributed by atoms with Crippen molar-refractivity contribution in [1.82, 2.24) is 9.88 Å². The molecule has 0 fully saturated rings. The normalized spacial score (nSPS) is 18.0. The lowest BCUT2D eigenvalue weighted by molar-refractivity contribution is -0.114. The molecule has 0 atom stereocenters. The summed E-state index contributed by atoms with van der Waals surface area (Å²) in [7, 11) is 1.23. The maximum Gasteiger partial charge on any atom is 0.159 e. The molecule has 7 heteroatoms. The van der Waals surface area contributed by atoms with Crippen molar-refractivity contribution in [1.29, 1.82) is 5.26 Å². The maximum absolute atomic E-state index is 14.3. The zero-order valence-electron chi connectivity index (χ0n) is 29.8. The Kier molecular flexibility index (Phi) is 4.05. The highest BCUT2D eigenvalue weighted by molar-refractivity contribution is 5.98. The van der Waals surface area contributed by atoms with Gasteiger partial charge in [-0.1, -0.05) is 6.05 Å². The molecular formula is C26H27FN4O2. The molecule has 1 aromatic heterocycles. The molecule has 0 saturated carbocycles. The summed E-state index contributed by atoms with van der Waals surface area (Å²) in [5.74, 6) is -2.23. The van der Waals surface area contributed by atoms with E-state index >= 15 is 0 Å². The number of anilines is 2. The van der Waals surface area contributed by atoms with E-state index in [1.807, 2.05) is 6.07 Å². The van der Waals surface area contributed by atoms with Crippen LogP contribution in [0, 0.1) is 24.1 Å². The van der Waals surface area contributed by atoms with Crippen LogP contribution in [-0.2, 0) is 11.2 Å². The molecule has 0 unspecified atom stereocenters. The Morgan fingerprint density at radius 3 is 3.12 bits per heavy atom. The summed E-state index contributed by atoms with van der Waals surface area (Å²) in [5, 5.41) is 12.6. The van der Waals surface area contributed by atoms with Crippen LogP contribution >= 0.6 is 0 Å². The Bertz CT molecular complexity index is 1700. The van der Waals surface area contributed by atoms with Crippen molar-refractivity contribution in [2.45, 2.75) is 20.2 Å². The van der Waals surface area contributed by atoms with Gasteiger partial charge in [0.2, 0.25) is 0 Å². The van der Waals surface area contributed by atoms with Crippen LogP contribution in [0.4, 0.5) is 15.8 Å². The van der Waals surface area contributed by atoms with E-state index < -0.39 is 68.8 Å². The van der Waals surface area contributed by atoms with Crippen LogP contribution in [0.3, 0.4) is 0 Å². The number of nitrogens with zero attached hydrogens (tertiary/aromatic N) is 3. The third kappa shape index (κ3) is 5.93. The maximum atomic E-state index is 14.3. The van der Waals surface area contributed by atoms with E-state index in [4.69, 9.17) is 21.2 Å². The molecule has 0 saturated heterocycles. The van der Waals surface area contributed by atoms with Crippen LogP contribution in [0.2, 0.25) is 0 Å². The average molecular weight is 459 g/mol. The van der Waals surface area contributed by atoms with E-state index in [0.717, 1.165) is 23.2 Å². The molecule has 33 heavy (non-hydrogen) atoms. The van der Waals surface area contributed by atoms with Crippen LogP contribution in [0.15, 0.2) is 48.6 Å². The molecule has 3 aromatic rings. The lowest BCUT2D eigenvalue weighted by Crippen LogP contribution is -2.11. The number of hydrogen-bond donors (Lipinski definition) is 1. The second-order valence-electron chi connectivity index (χ2n) is 7.00. The fraction of sp³-hybridized carbons (Fsp3) is 0.269. The smallest absolute Gasteiger partial charge is 0.159 e. The fourth-order valence-corrected chi connectivity index (χ4v) is 2.98. The highest BCUT2D eigenvalue weighted by Crippen LogP contribution is 2.34. The molecule has 0 bridgehead atoms. The lowest BCUT2D eigenvalue weighted by atomic mass is 10.0. The zero-order chi connectivity index (χ0) is 34.2. The first kappa shape index (κ1) is 12.5. The summed E-state index contributed by atoms with van der Waals surface area (Å²) >= 11 is 0. The minimum absolute atomic E-state index is 0.00283. The van der Waals surface area contributed by atoms with Crippen LogP contribution in [0.25, 0.3) is 10.9 Å². The number of likely N-dealkylation sites (N-methyl/N-ethyl adjacent to an activating group) is 1. The Labute approximate surface area is 210 Å². The first-order chi connectivity index (χ1) is 20.6. The molecule has 170 valence electrons. The third-order valence-corrected chi connectivity index (χ3v) is 4.48. The molecule has 6 nitrogen and oxygen atoms in total. The first-order valence-corrected chi connectivity index (χ1v) is 9.58. The number of pyridine rings is 1. The topological polar surface area (TPSA) is 78.2 Å². The van der Waals surface area contributed by atoms with Gasteiger partial charge in [0.05, 0.1) is 31.6 Å². The lowest BCUT2D eigenvalue weighted by Gasteiger charge is -2.15. The van der Waals surface area contributed by atoms with Crippen molar-refractivity contribution >= 4 is 28.1 Å². The Morgan fingerprint density at radius 2 is 2.36 bits per heavy atom. The number of carbonyl (C=O) groups is 1. The van der Waals surface area contributed by atoms with E-state index in [2.05, 4.69) is 10.3 Å². The quantitative estimate of drug-likeness (QED) is 0.458. The van der Waals surface area contributed by atoms with Gasteiger partial charge in [-0.15, -0.1) is 0 Å². The number of allylic oxidation sites excluding steroid dienone is 1. The molecule has 3 rings (SSSR count). The highest BCUT2D eigenvalue weighted by Gasteiger charge is 2.16. The number of benzene rings is 2. The molecule has 1 N–H and O–H groups in total. The summed E-state index contributed by atoms with van der Waals surface area (Å²) in [6, 6.07) is 1.97. The van der Waals surface area contributed by atoms with Crippen LogP contribution in [0.5, 0.6) is 5.75 Å². The van der Waals surface area contributed by atoms with Crippen molar-refractivity contribution in [2.24, 2.45) is 0 Å². The number of fused-ring (bicyclic) bond motifs is 1. The molecule has 0 amide bonds. The number of rotatable bonds is 9. The minimum Gasteiger partial charge on any atom is -0.494 e. The number of halogens is 1. The van der Waals surface area contributed by atoms with Gasteiger partial charge >= 0.3 is 0 Å². The van der Waals surface area contributed by atoms with Crippen molar-refractivity contribution in [3.05, 3.63) is 71.1 Å². The number of carbonyl (C=O) groups excluding carboxylic acids is 1. The highest BCUT2D eigenvalue weighted by atomic mass is 19.1. The molecule has 1 heterocycles. The number of nitriles is 1. The van der Waals surface area contributed by atoms with Gasteiger partial charge in [0, 0.05) is 50.1 Å². The minimum atomic E-state index is -3.26. The number of ether oxygens (including phenoxy) is 1. The predicted molar refractivity (Wildman–Crippen MR) is 128 cm³/mol. The Hall–Kier alpha value is -3.76. The molecule has 0 radical (unpaired) electrons. The monoisotopic (exact) mass is 458 g/mol. The molecule has 0 aliphatic heterocycles. The zero-order valence-corrected chi connectivity index (χ0v) is 17.8. The van der Waals surface area contributed by atoms with E-state index in [9.17, 15) is 14.4 Å². The van der Waals surface area contributed by atoms with Crippen molar-refractivity contribution in [3.8, 4) is 11.8 Å². The summed E-state index contributed by atoms with van der Waals surface area (Å²) in [5.41, 5.74) is -0.832. The van der Waals surface area contributed by atoms with Gasteiger partial charge in [-0.05, 0) is 63.6 Å². The van der Waals surface area contributed by atoms with Gasteiger partial charge in [0.15, 0.2) is 5.78 Å². The van der Waals surface area contributed by atoms with Gasteiger partial charge in [-0.3, -0.25) is 9.78 Å². The molecule has 0 spiro atoms. The number of ketones is 1. The van der Waals surface area contributed by atoms with Crippen LogP contribution < -0.4 is 10.1 Å². The van der Waals surface area contributed by atoms with Gasteiger partial charge in [0.1, 0.15) is 17.6 Å². The molecule has 0 aliphatic rings. The van der Waals surface area contributed by atoms with Crippen LogP contribution in [0.1, 0.15) is 40.0 Å². The number of aromatic nitrogens is 1. The van der Waals surface area contributed by atoms with E-state index in [1.165, 1.54) is 20.0 Å². The predicted octanol–water partition coefficient (Wildman–Crippen LogP) is 4.93. The van der Waals surface area contributed by atoms with Gasteiger partial charge < -0.3 is 15.0 Å². The average Bonchev–Trinajstić information content (AvgIpc) is 2.92. The van der Waals surface area contributed by atoms with Crippen molar-refractivity contribution in [2.75, 3.05) is 32.4 Å². The SMILES string of the molecule is [2H]/C(=C\C(=O)Cc1cc2c(Nc3c([2H])c([2H])c(F)c(C)c3[2H])c(C#N)cnc2cc1OC([2H])([2H])C([2H])([2H])[2H])CN(C)C([2H])([2H])[2H]. The summed E-state index contributed by atoms with van der Waals surface area (Å²) in [4.78, 5) is 18.0. The summed E-state index contributed by atoms with van der Waals surface area (Å²) in [6.45, 7) is -8.19. The van der Waals surface area contributed by atoms with Gasteiger partial charge in [-0.25, -0.2) is 4.39 Å². The van der Waals surface area contributed by atoms with Gasteiger partial charge in [0.25, 0.3) is 0 Å². The number of hydrogen-bond acceptors (Lipinski definition) is 6. The molecule has 2 aromatic carbocycles. The van der Waals surface area contributed by atoms with Gasteiger partial charge in [-0.2, -0.15) is 5.26 Å². The van der Waals surface area contributed by atoms with E-state index in [-0.39, 0.29) is 45.0 Å². The second-order valence-corrected chi connectivity index (χ2v) is 7.00. The second kappa shape index (κ2) is 10.7. The van der Waals surface area contributed by atoms with Crippen LogP contribution in [-0.4, -0.2) is 42.8 Å². The standard InChI is InChI=1S/C26H27FN4O2/c1-5-33-25-14-24-22(13-18(25)12-21(32)7-6-10-31(3)4)26(19(15-28)16-29-24)30-20-8-9-23(27)17(2)11-20/h6-9,11,13-14,16H,5,10,12H2,1-4H3,(H,29,30)/b7-6+/i1D3,3D3,5D2,6D,8D,9D,11D. The Morgan fingerprint density at radius 1 is 1.52 bits per heavy atom. The number of nitrogens with one attached hydrogen (secondary N) is 1. The van der Waals surface area contributed by atoms with E-state index in [1.54, 1.807) is 0 Å². The summed E-state index contributed by atoms with van der Waals surface area (Å²) in [6.07, 6.45) is 1.35. The van der Waals surface area contributed by atoms with E-state index in [0.29, 0.717) is 0 Å². The molecular weight excluding hydrogens is 419 g/mol. The first-order valence-electron chi connectivity index (χ1n) is 15.6.